The zero-order chi connectivity index (χ0) is 21.5. The Labute approximate surface area is 185 Å². The van der Waals surface area contributed by atoms with Crippen LogP contribution in [0.3, 0.4) is 0 Å². The Bertz CT molecular complexity index is 1020. The normalized spacial score (nSPS) is 10.4. The maximum absolute atomic E-state index is 11.1. The molecular weight excluding hydrogens is 423 g/mol. The number of hydrogen-bond acceptors (Lipinski definition) is 4. The molecule has 0 aromatic heterocycles. The molecule has 3 aromatic rings. The molecule has 0 saturated carbocycles. The summed E-state index contributed by atoms with van der Waals surface area (Å²) in [7, 11) is 1.61. The summed E-state index contributed by atoms with van der Waals surface area (Å²) < 4.78 is 11.6. The standard InChI is InChI=1S/C23H22Cl2N2O3/c1-15(28)27-19-9-7-18(8-10-19)26-13-17-4-3-5-22(29-2)23(17)30-14-16-6-11-20(24)21(25)12-16/h3-12,26H,13-14H2,1-2H3,(H,27,28). The molecule has 0 bridgehead atoms. The van der Waals surface area contributed by atoms with Crippen LogP contribution in [0.5, 0.6) is 11.5 Å². The molecular formula is C23H22Cl2N2O3. The zero-order valence-electron chi connectivity index (χ0n) is 16.7. The molecule has 5 nitrogen and oxygen atoms in total. The molecule has 0 spiro atoms. The summed E-state index contributed by atoms with van der Waals surface area (Å²) in [6, 6.07) is 18.7. The number of rotatable bonds is 8. The van der Waals surface area contributed by atoms with Crippen LogP contribution in [0.4, 0.5) is 11.4 Å². The van der Waals surface area contributed by atoms with Crippen molar-refractivity contribution in [3.05, 3.63) is 81.8 Å². The number of halogens is 2. The van der Waals surface area contributed by atoms with Crippen LogP contribution in [0.25, 0.3) is 0 Å². The van der Waals surface area contributed by atoms with Crippen molar-refractivity contribution in [3.8, 4) is 11.5 Å². The van der Waals surface area contributed by atoms with Gasteiger partial charge in [0.15, 0.2) is 11.5 Å². The molecule has 3 rings (SSSR count). The van der Waals surface area contributed by atoms with Crippen molar-refractivity contribution in [3.63, 3.8) is 0 Å². The van der Waals surface area contributed by atoms with Gasteiger partial charge in [-0.2, -0.15) is 0 Å². The minimum atomic E-state index is -0.101. The van der Waals surface area contributed by atoms with Gasteiger partial charge in [0.25, 0.3) is 0 Å². The number of carbonyl (C=O) groups excluding carboxylic acids is 1. The first kappa shape index (κ1) is 21.8. The van der Waals surface area contributed by atoms with Gasteiger partial charge in [-0.05, 0) is 48.0 Å². The van der Waals surface area contributed by atoms with E-state index in [1.165, 1.54) is 6.92 Å². The highest BCUT2D eigenvalue weighted by Gasteiger charge is 2.12. The van der Waals surface area contributed by atoms with Crippen LogP contribution in [0.15, 0.2) is 60.7 Å². The maximum Gasteiger partial charge on any atom is 0.221 e. The summed E-state index contributed by atoms with van der Waals surface area (Å²) in [5.74, 6) is 1.21. The third-order valence-corrected chi connectivity index (χ3v) is 5.07. The molecule has 0 fully saturated rings. The fourth-order valence-corrected chi connectivity index (χ4v) is 3.20. The predicted molar refractivity (Wildman–Crippen MR) is 122 cm³/mol. The number of para-hydroxylation sites is 1. The van der Waals surface area contributed by atoms with Crippen molar-refractivity contribution in [2.24, 2.45) is 0 Å². The molecule has 0 heterocycles. The molecule has 3 aromatic carbocycles. The van der Waals surface area contributed by atoms with Crippen molar-refractivity contribution in [1.82, 2.24) is 0 Å². The molecule has 0 radical (unpaired) electrons. The monoisotopic (exact) mass is 444 g/mol. The number of benzene rings is 3. The van der Waals surface area contributed by atoms with Gasteiger partial charge in [-0.15, -0.1) is 0 Å². The predicted octanol–water partition coefficient (Wildman–Crippen LogP) is 6.15. The van der Waals surface area contributed by atoms with Gasteiger partial charge < -0.3 is 20.1 Å². The largest absolute Gasteiger partial charge is 0.493 e. The van der Waals surface area contributed by atoms with Gasteiger partial charge in [-0.3, -0.25) is 4.79 Å². The van der Waals surface area contributed by atoms with Gasteiger partial charge in [-0.25, -0.2) is 0 Å². The Balaban J connectivity index is 1.71. The minimum absolute atomic E-state index is 0.101. The van der Waals surface area contributed by atoms with Crippen molar-refractivity contribution >= 4 is 40.5 Å². The molecule has 0 saturated heterocycles. The lowest BCUT2D eigenvalue weighted by Gasteiger charge is -2.16. The first-order valence-electron chi connectivity index (χ1n) is 9.30. The molecule has 156 valence electrons. The molecule has 30 heavy (non-hydrogen) atoms. The van der Waals surface area contributed by atoms with E-state index < -0.39 is 0 Å². The molecule has 0 aliphatic carbocycles. The lowest BCUT2D eigenvalue weighted by Crippen LogP contribution is -2.06. The van der Waals surface area contributed by atoms with Crippen LogP contribution in [0, 0.1) is 0 Å². The molecule has 0 atom stereocenters. The fraction of sp³-hybridized carbons (Fsp3) is 0.174. The number of carbonyl (C=O) groups is 1. The van der Waals surface area contributed by atoms with E-state index in [1.54, 1.807) is 19.2 Å². The van der Waals surface area contributed by atoms with E-state index in [4.69, 9.17) is 32.7 Å². The van der Waals surface area contributed by atoms with Crippen molar-refractivity contribution in [2.75, 3.05) is 17.7 Å². The third kappa shape index (κ3) is 5.81. The summed E-state index contributed by atoms with van der Waals surface area (Å²) >= 11 is 12.1. The zero-order valence-corrected chi connectivity index (χ0v) is 18.2. The summed E-state index contributed by atoms with van der Waals surface area (Å²) in [4.78, 5) is 11.1. The van der Waals surface area contributed by atoms with Crippen LogP contribution in [0.2, 0.25) is 10.0 Å². The molecule has 7 heteroatoms. The van der Waals surface area contributed by atoms with E-state index in [1.807, 2.05) is 48.5 Å². The summed E-state index contributed by atoms with van der Waals surface area (Å²) in [5, 5.41) is 7.10. The second-order valence-electron chi connectivity index (χ2n) is 6.60. The van der Waals surface area contributed by atoms with Crippen LogP contribution < -0.4 is 20.1 Å². The highest BCUT2D eigenvalue weighted by atomic mass is 35.5. The molecule has 0 aliphatic heterocycles. The summed E-state index contributed by atoms with van der Waals surface area (Å²) in [6.45, 7) is 2.34. The van der Waals surface area contributed by atoms with E-state index in [2.05, 4.69) is 10.6 Å². The number of ether oxygens (including phenoxy) is 2. The SMILES string of the molecule is COc1cccc(CNc2ccc(NC(C)=O)cc2)c1OCc1ccc(Cl)c(Cl)c1. The average molecular weight is 445 g/mol. The molecule has 0 unspecified atom stereocenters. The van der Waals surface area contributed by atoms with Crippen LogP contribution in [0.1, 0.15) is 18.1 Å². The maximum atomic E-state index is 11.1. The minimum Gasteiger partial charge on any atom is -0.493 e. The van der Waals surface area contributed by atoms with Gasteiger partial charge in [-0.1, -0.05) is 41.4 Å². The quantitative estimate of drug-likeness (QED) is 0.437. The second kappa shape index (κ2) is 10.2. The van der Waals surface area contributed by atoms with Crippen LogP contribution >= 0.6 is 23.2 Å². The van der Waals surface area contributed by atoms with E-state index in [0.29, 0.717) is 34.7 Å². The van der Waals surface area contributed by atoms with Gasteiger partial charge in [0.2, 0.25) is 5.91 Å². The van der Waals surface area contributed by atoms with E-state index in [0.717, 1.165) is 22.5 Å². The Morgan fingerprint density at radius 1 is 0.967 bits per heavy atom. The number of methoxy groups -OCH3 is 1. The number of nitrogens with one attached hydrogen (secondary N) is 2. The first-order chi connectivity index (χ1) is 14.5. The van der Waals surface area contributed by atoms with Crippen molar-refractivity contribution < 1.29 is 14.3 Å². The van der Waals surface area contributed by atoms with E-state index in [9.17, 15) is 4.79 Å². The van der Waals surface area contributed by atoms with Crippen LogP contribution in [-0.2, 0) is 17.9 Å². The van der Waals surface area contributed by atoms with Gasteiger partial charge >= 0.3 is 0 Å². The Morgan fingerprint density at radius 2 is 1.70 bits per heavy atom. The Morgan fingerprint density at radius 3 is 2.37 bits per heavy atom. The second-order valence-corrected chi connectivity index (χ2v) is 7.41. The highest BCUT2D eigenvalue weighted by Crippen LogP contribution is 2.33. The van der Waals surface area contributed by atoms with E-state index in [-0.39, 0.29) is 5.91 Å². The lowest BCUT2D eigenvalue weighted by atomic mass is 10.1. The van der Waals surface area contributed by atoms with Gasteiger partial charge in [0, 0.05) is 30.4 Å². The van der Waals surface area contributed by atoms with Gasteiger partial charge in [0.05, 0.1) is 17.2 Å². The third-order valence-electron chi connectivity index (χ3n) is 4.34. The smallest absolute Gasteiger partial charge is 0.221 e. The summed E-state index contributed by atoms with van der Waals surface area (Å²) in [6.07, 6.45) is 0. The van der Waals surface area contributed by atoms with Crippen molar-refractivity contribution in [1.29, 1.82) is 0 Å². The number of hydrogen-bond donors (Lipinski definition) is 2. The van der Waals surface area contributed by atoms with Crippen molar-refractivity contribution in [2.45, 2.75) is 20.1 Å². The van der Waals surface area contributed by atoms with E-state index >= 15 is 0 Å². The van der Waals surface area contributed by atoms with Gasteiger partial charge in [0.1, 0.15) is 6.61 Å². The lowest BCUT2D eigenvalue weighted by molar-refractivity contribution is -0.114. The Kier molecular flexibility index (Phi) is 7.44. The molecule has 1 amide bonds. The topological polar surface area (TPSA) is 59.6 Å². The first-order valence-corrected chi connectivity index (χ1v) is 10.1. The Hall–Kier alpha value is -2.89. The number of anilines is 2. The average Bonchev–Trinajstić information content (AvgIpc) is 2.73. The number of amides is 1. The highest BCUT2D eigenvalue weighted by molar-refractivity contribution is 6.42. The molecule has 2 N–H and O–H groups in total. The van der Waals surface area contributed by atoms with Crippen LogP contribution in [-0.4, -0.2) is 13.0 Å². The fourth-order valence-electron chi connectivity index (χ4n) is 2.88. The molecule has 0 aliphatic rings. The summed E-state index contributed by atoms with van der Waals surface area (Å²) in [5.41, 5.74) is 3.52.